The molecule has 0 saturated carbocycles. The number of hydrogen-bond acceptors (Lipinski definition) is 3. The highest BCUT2D eigenvalue weighted by molar-refractivity contribution is 5.94. The zero-order valence-electron chi connectivity index (χ0n) is 10.9. The summed E-state index contributed by atoms with van der Waals surface area (Å²) in [6.07, 6.45) is 1.91. The van der Waals surface area contributed by atoms with Gasteiger partial charge in [0.2, 0.25) is 0 Å². The van der Waals surface area contributed by atoms with Gasteiger partial charge in [-0.25, -0.2) is 0 Å². The van der Waals surface area contributed by atoms with E-state index >= 15 is 0 Å². The van der Waals surface area contributed by atoms with E-state index in [0.717, 1.165) is 37.2 Å². The molecule has 0 aromatic carbocycles. The molecular formula is C12H21ClN4O. The third-order valence-corrected chi connectivity index (χ3v) is 3.03. The highest BCUT2D eigenvalue weighted by Gasteiger charge is 2.20. The lowest BCUT2D eigenvalue weighted by Gasteiger charge is -2.13. The molecule has 0 saturated heterocycles. The fourth-order valence-electron chi connectivity index (χ4n) is 1.97. The van der Waals surface area contributed by atoms with Crippen molar-refractivity contribution >= 4 is 18.3 Å². The van der Waals surface area contributed by atoms with Crippen LogP contribution in [0.25, 0.3) is 0 Å². The van der Waals surface area contributed by atoms with Gasteiger partial charge in [0.05, 0.1) is 0 Å². The van der Waals surface area contributed by atoms with Crippen LogP contribution < -0.4 is 10.6 Å². The van der Waals surface area contributed by atoms with E-state index in [9.17, 15) is 4.79 Å². The van der Waals surface area contributed by atoms with Gasteiger partial charge in [-0.3, -0.25) is 9.89 Å². The molecule has 0 fully saturated rings. The summed E-state index contributed by atoms with van der Waals surface area (Å²) in [7, 11) is 0. The Hall–Kier alpha value is -1.07. The third kappa shape index (κ3) is 3.46. The lowest BCUT2D eigenvalue weighted by molar-refractivity contribution is 0.0946. The molecule has 0 aliphatic carbocycles. The molecular weight excluding hydrogens is 252 g/mol. The van der Waals surface area contributed by atoms with Crippen LogP contribution in [0.1, 0.15) is 42.0 Å². The smallest absolute Gasteiger partial charge is 0.272 e. The van der Waals surface area contributed by atoms with Gasteiger partial charge in [-0.05, 0) is 12.3 Å². The van der Waals surface area contributed by atoms with Crippen LogP contribution in [0.15, 0.2) is 0 Å². The third-order valence-electron chi connectivity index (χ3n) is 3.03. The molecule has 0 bridgehead atoms. The summed E-state index contributed by atoms with van der Waals surface area (Å²) in [6.45, 7) is 6.69. The zero-order chi connectivity index (χ0) is 12.3. The molecule has 1 aromatic rings. The first-order valence-corrected chi connectivity index (χ1v) is 6.23. The fourth-order valence-corrected chi connectivity index (χ4v) is 1.97. The van der Waals surface area contributed by atoms with Gasteiger partial charge in [0, 0.05) is 37.3 Å². The molecule has 18 heavy (non-hydrogen) atoms. The second kappa shape index (κ2) is 6.75. The number of amides is 1. The SMILES string of the molecule is CC(C)CCNC(=O)c1n[nH]c2c1CNCC2.Cl. The molecule has 3 N–H and O–H groups in total. The first-order valence-electron chi connectivity index (χ1n) is 6.23. The van der Waals surface area contributed by atoms with Gasteiger partial charge in [-0.1, -0.05) is 13.8 Å². The van der Waals surface area contributed by atoms with Crippen molar-refractivity contribution in [1.82, 2.24) is 20.8 Å². The largest absolute Gasteiger partial charge is 0.351 e. The van der Waals surface area contributed by atoms with E-state index < -0.39 is 0 Å². The molecule has 5 nitrogen and oxygen atoms in total. The van der Waals surface area contributed by atoms with Gasteiger partial charge in [-0.2, -0.15) is 5.10 Å². The average molecular weight is 273 g/mol. The Labute approximate surface area is 114 Å². The molecule has 1 amide bonds. The number of aromatic amines is 1. The second-order valence-corrected chi connectivity index (χ2v) is 4.89. The lowest BCUT2D eigenvalue weighted by atomic mass is 10.1. The van der Waals surface area contributed by atoms with Crippen molar-refractivity contribution in [1.29, 1.82) is 0 Å². The van der Waals surface area contributed by atoms with Gasteiger partial charge >= 0.3 is 0 Å². The fraction of sp³-hybridized carbons (Fsp3) is 0.667. The van der Waals surface area contributed by atoms with Crippen LogP contribution in [-0.4, -0.2) is 29.2 Å². The van der Waals surface area contributed by atoms with Gasteiger partial charge in [0.25, 0.3) is 5.91 Å². The highest BCUT2D eigenvalue weighted by Crippen LogP contribution is 2.15. The van der Waals surface area contributed by atoms with Crippen molar-refractivity contribution < 1.29 is 4.79 Å². The van der Waals surface area contributed by atoms with Crippen molar-refractivity contribution in [2.75, 3.05) is 13.1 Å². The van der Waals surface area contributed by atoms with E-state index in [1.807, 2.05) is 0 Å². The van der Waals surface area contributed by atoms with Gasteiger partial charge < -0.3 is 10.6 Å². The van der Waals surface area contributed by atoms with Crippen molar-refractivity contribution in [2.45, 2.75) is 33.2 Å². The Morgan fingerprint density at radius 1 is 1.50 bits per heavy atom. The van der Waals surface area contributed by atoms with E-state index in [4.69, 9.17) is 0 Å². The van der Waals surface area contributed by atoms with E-state index in [1.165, 1.54) is 0 Å². The van der Waals surface area contributed by atoms with Crippen LogP contribution in [0.5, 0.6) is 0 Å². The molecule has 6 heteroatoms. The topological polar surface area (TPSA) is 69.8 Å². The summed E-state index contributed by atoms with van der Waals surface area (Å²) < 4.78 is 0. The molecule has 102 valence electrons. The van der Waals surface area contributed by atoms with Gasteiger partial charge in [0.1, 0.15) is 0 Å². The van der Waals surface area contributed by atoms with Crippen molar-refractivity contribution in [2.24, 2.45) is 5.92 Å². The minimum Gasteiger partial charge on any atom is -0.351 e. The van der Waals surface area contributed by atoms with Crippen LogP contribution in [-0.2, 0) is 13.0 Å². The van der Waals surface area contributed by atoms with Crippen LogP contribution in [0.4, 0.5) is 0 Å². The van der Waals surface area contributed by atoms with E-state index in [1.54, 1.807) is 0 Å². The molecule has 2 heterocycles. The Kier molecular flexibility index (Phi) is 5.62. The molecule has 2 rings (SSSR count). The van der Waals surface area contributed by atoms with E-state index in [2.05, 4.69) is 34.7 Å². The molecule has 0 radical (unpaired) electrons. The molecule has 1 aliphatic rings. The Bertz CT molecular complexity index is 403. The Morgan fingerprint density at radius 2 is 2.28 bits per heavy atom. The number of rotatable bonds is 4. The second-order valence-electron chi connectivity index (χ2n) is 4.89. The number of halogens is 1. The number of carbonyl (C=O) groups is 1. The normalized spacial score (nSPS) is 13.9. The number of fused-ring (bicyclic) bond motifs is 1. The molecule has 0 spiro atoms. The predicted molar refractivity (Wildman–Crippen MR) is 73.0 cm³/mol. The number of carbonyl (C=O) groups excluding carboxylic acids is 1. The highest BCUT2D eigenvalue weighted by atomic mass is 35.5. The summed E-state index contributed by atoms with van der Waals surface area (Å²) in [6, 6.07) is 0. The van der Waals surface area contributed by atoms with Crippen LogP contribution >= 0.6 is 12.4 Å². The standard InChI is InChI=1S/C12H20N4O.ClH/c1-8(2)3-6-14-12(17)11-9-7-13-5-4-10(9)15-16-11;/h8,13H,3-7H2,1-2H3,(H,14,17)(H,15,16);1H. The maximum absolute atomic E-state index is 11.9. The average Bonchev–Trinajstić information content (AvgIpc) is 2.72. The maximum Gasteiger partial charge on any atom is 0.272 e. The van der Waals surface area contributed by atoms with Crippen molar-refractivity contribution in [3.05, 3.63) is 17.0 Å². The lowest BCUT2D eigenvalue weighted by Crippen LogP contribution is -2.29. The van der Waals surface area contributed by atoms with Gasteiger partial charge in [0.15, 0.2) is 5.69 Å². The predicted octanol–water partition coefficient (Wildman–Crippen LogP) is 1.25. The molecule has 0 atom stereocenters. The van der Waals surface area contributed by atoms with Crippen molar-refractivity contribution in [3.8, 4) is 0 Å². The molecule has 0 unspecified atom stereocenters. The monoisotopic (exact) mass is 272 g/mol. The van der Waals surface area contributed by atoms with E-state index in [0.29, 0.717) is 18.2 Å². The van der Waals surface area contributed by atoms with Crippen LogP contribution in [0, 0.1) is 5.92 Å². The first-order chi connectivity index (χ1) is 8.18. The van der Waals surface area contributed by atoms with Crippen LogP contribution in [0.3, 0.4) is 0 Å². The summed E-state index contributed by atoms with van der Waals surface area (Å²) in [5.74, 6) is 0.539. The number of hydrogen-bond donors (Lipinski definition) is 3. The Balaban J connectivity index is 0.00000162. The van der Waals surface area contributed by atoms with Crippen molar-refractivity contribution in [3.63, 3.8) is 0 Å². The summed E-state index contributed by atoms with van der Waals surface area (Å²) in [5, 5.41) is 13.2. The Morgan fingerprint density at radius 3 is 3.00 bits per heavy atom. The minimum absolute atomic E-state index is 0. The summed E-state index contributed by atoms with van der Waals surface area (Å²) >= 11 is 0. The summed E-state index contributed by atoms with van der Waals surface area (Å²) in [5.41, 5.74) is 2.67. The summed E-state index contributed by atoms with van der Waals surface area (Å²) in [4.78, 5) is 11.9. The quantitative estimate of drug-likeness (QED) is 0.773. The maximum atomic E-state index is 11.9. The number of nitrogens with one attached hydrogen (secondary N) is 3. The molecule has 1 aromatic heterocycles. The number of H-pyrrole nitrogens is 1. The number of nitrogens with zero attached hydrogens (tertiary/aromatic N) is 1. The van der Waals surface area contributed by atoms with Crippen LogP contribution in [0.2, 0.25) is 0 Å². The van der Waals surface area contributed by atoms with E-state index in [-0.39, 0.29) is 18.3 Å². The zero-order valence-corrected chi connectivity index (χ0v) is 11.7. The molecule has 1 aliphatic heterocycles. The minimum atomic E-state index is -0.0631. The number of aromatic nitrogens is 2. The van der Waals surface area contributed by atoms with Gasteiger partial charge in [-0.15, -0.1) is 12.4 Å². The first kappa shape index (κ1) is 15.0.